The standard InChI is InChI=1S/C15H22N4/c1-11(2)17-14-12-5-3-4-6-13(12)18-15(14)19-9-7-16-8-10-19/h3-6,11,16-18H,7-10H2,1-2H3. The molecule has 19 heavy (non-hydrogen) atoms. The van der Waals surface area contributed by atoms with E-state index in [1.54, 1.807) is 0 Å². The summed E-state index contributed by atoms with van der Waals surface area (Å²) in [5, 5.41) is 8.28. The summed E-state index contributed by atoms with van der Waals surface area (Å²) in [5.41, 5.74) is 2.45. The molecule has 0 saturated carbocycles. The largest absolute Gasteiger partial charge is 0.379 e. The van der Waals surface area contributed by atoms with E-state index in [0.717, 1.165) is 26.2 Å². The van der Waals surface area contributed by atoms with E-state index in [-0.39, 0.29) is 0 Å². The Kier molecular flexibility index (Phi) is 3.34. The Morgan fingerprint density at radius 2 is 1.89 bits per heavy atom. The van der Waals surface area contributed by atoms with E-state index in [9.17, 15) is 0 Å². The SMILES string of the molecule is CC(C)Nc1c(N2CCNCC2)[nH]c2ccccc12. The van der Waals surface area contributed by atoms with E-state index >= 15 is 0 Å². The number of hydrogen-bond donors (Lipinski definition) is 3. The molecule has 3 N–H and O–H groups in total. The van der Waals surface area contributed by atoms with Gasteiger partial charge in [0.15, 0.2) is 0 Å². The number of aromatic nitrogens is 1. The van der Waals surface area contributed by atoms with E-state index in [0.29, 0.717) is 6.04 Å². The predicted molar refractivity (Wildman–Crippen MR) is 82.1 cm³/mol. The van der Waals surface area contributed by atoms with E-state index in [1.807, 2.05) is 0 Å². The van der Waals surface area contributed by atoms with Crippen LogP contribution in [0, 0.1) is 0 Å². The van der Waals surface area contributed by atoms with E-state index in [1.165, 1.54) is 22.4 Å². The highest BCUT2D eigenvalue weighted by Gasteiger charge is 2.19. The summed E-state index contributed by atoms with van der Waals surface area (Å²) in [6.07, 6.45) is 0. The Bertz CT molecular complexity index is 552. The number of nitrogens with one attached hydrogen (secondary N) is 3. The van der Waals surface area contributed by atoms with Crippen molar-refractivity contribution in [2.24, 2.45) is 0 Å². The summed E-state index contributed by atoms with van der Waals surface area (Å²) in [7, 11) is 0. The fraction of sp³-hybridized carbons (Fsp3) is 0.467. The van der Waals surface area contributed by atoms with Crippen LogP contribution >= 0.6 is 0 Å². The number of nitrogens with zero attached hydrogens (tertiary/aromatic N) is 1. The van der Waals surface area contributed by atoms with Gasteiger partial charge in [0.25, 0.3) is 0 Å². The molecule has 4 nitrogen and oxygen atoms in total. The van der Waals surface area contributed by atoms with Crippen LogP contribution in [0.3, 0.4) is 0 Å². The van der Waals surface area contributed by atoms with Crippen LogP contribution in [0.5, 0.6) is 0 Å². The van der Waals surface area contributed by atoms with Crippen molar-refractivity contribution in [2.45, 2.75) is 19.9 Å². The van der Waals surface area contributed by atoms with Crippen molar-refractivity contribution >= 4 is 22.4 Å². The third-order valence-corrected chi connectivity index (χ3v) is 3.55. The van der Waals surface area contributed by atoms with Gasteiger partial charge in [0.1, 0.15) is 5.82 Å². The van der Waals surface area contributed by atoms with Crippen LogP contribution in [-0.2, 0) is 0 Å². The molecule has 2 aromatic rings. The van der Waals surface area contributed by atoms with Gasteiger partial charge in [-0.25, -0.2) is 0 Å². The van der Waals surface area contributed by atoms with E-state index in [2.05, 4.69) is 58.6 Å². The zero-order valence-corrected chi connectivity index (χ0v) is 11.7. The highest BCUT2D eigenvalue weighted by atomic mass is 15.2. The van der Waals surface area contributed by atoms with E-state index < -0.39 is 0 Å². The first-order valence-electron chi connectivity index (χ1n) is 7.08. The minimum Gasteiger partial charge on any atom is -0.379 e. The Balaban J connectivity index is 2.05. The lowest BCUT2D eigenvalue weighted by Gasteiger charge is -2.29. The van der Waals surface area contributed by atoms with Gasteiger partial charge in [-0.1, -0.05) is 18.2 Å². The Labute approximate surface area is 114 Å². The summed E-state index contributed by atoms with van der Waals surface area (Å²) in [6.45, 7) is 8.58. The van der Waals surface area contributed by atoms with Gasteiger partial charge >= 0.3 is 0 Å². The van der Waals surface area contributed by atoms with Gasteiger partial charge in [0.2, 0.25) is 0 Å². The minimum absolute atomic E-state index is 0.431. The maximum Gasteiger partial charge on any atom is 0.130 e. The van der Waals surface area contributed by atoms with Crippen molar-refractivity contribution in [3.8, 4) is 0 Å². The molecular weight excluding hydrogens is 236 g/mol. The lowest BCUT2D eigenvalue weighted by Crippen LogP contribution is -2.44. The number of piperazine rings is 1. The minimum atomic E-state index is 0.431. The second-order valence-corrected chi connectivity index (χ2v) is 5.43. The monoisotopic (exact) mass is 258 g/mol. The maximum atomic E-state index is 3.60. The molecule has 0 bridgehead atoms. The number of fused-ring (bicyclic) bond motifs is 1. The molecule has 102 valence electrons. The zero-order valence-electron chi connectivity index (χ0n) is 11.7. The van der Waals surface area contributed by atoms with Crippen LogP contribution in [0.15, 0.2) is 24.3 Å². The van der Waals surface area contributed by atoms with Gasteiger partial charge in [0.05, 0.1) is 5.69 Å². The summed E-state index contributed by atoms with van der Waals surface area (Å²) >= 11 is 0. The van der Waals surface area contributed by atoms with Crippen molar-refractivity contribution in [3.05, 3.63) is 24.3 Å². The molecule has 1 saturated heterocycles. The van der Waals surface area contributed by atoms with Crippen LogP contribution in [0.4, 0.5) is 11.5 Å². The molecule has 0 spiro atoms. The average molecular weight is 258 g/mol. The lowest BCUT2D eigenvalue weighted by atomic mass is 10.2. The summed E-state index contributed by atoms with van der Waals surface area (Å²) in [4.78, 5) is 6.01. The maximum absolute atomic E-state index is 3.60. The first kappa shape index (κ1) is 12.4. The highest BCUT2D eigenvalue weighted by Crippen LogP contribution is 2.34. The summed E-state index contributed by atoms with van der Waals surface area (Å²) < 4.78 is 0. The number of hydrogen-bond acceptors (Lipinski definition) is 3. The van der Waals surface area contributed by atoms with Gasteiger partial charge in [-0.05, 0) is 19.9 Å². The quantitative estimate of drug-likeness (QED) is 0.792. The van der Waals surface area contributed by atoms with Gasteiger partial charge in [0, 0.05) is 43.1 Å². The molecule has 0 atom stereocenters. The van der Waals surface area contributed by atoms with Gasteiger partial charge in [-0.3, -0.25) is 0 Å². The molecule has 0 unspecified atom stereocenters. The molecule has 0 aliphatic carbocycles. The molecule has 1 aliphatic rings. The summed E-state index contributed by atoms with van der Waals surface area (Å²) in [5.74, 6) is 1.23. The Hall–Kier alpha value is -1.68. The topological polar surface area (TPSA) is 43.1 Å². The van der Waals surface area contributed by atoms with Crippen molar-refractivity contribution in [2.75, 3.05) is 36.4 Å². The second kappa shape index (κ2) is 5.13. The van der Waals surface area contributed by atoms with Crippen molar-refractivity contribution in [3.63, 3.8) is 0 Å². The Morgan fingerprint density at radius 1 is 1.16 bits per heavy atom. The van der Waals surface area contributed by atoms with Crippen LogP contribution in [0.25, 0.3) is 10.9 Å². The molecule has 1 aliphatic heterocycles. The van der Waals surface area contributed by atoms with Gasteiger partial charge < -0.3 is 20.5 Å². The molecule has 1 aromatic heterocycles. The normalized spacial score (nSPS) is 16.3. The molecule has 0 amide bonds. The molecule has 1 aromatic carbocycles. The van der Waals surface area contributed by atoms with Crippen molar-refractivity contribution in [1.82, 2.24) is 10.3 Å². The second-order valence-electron chi connectivity index (χ2n) is 5.43. The van der Waals surface area contributed by atoms with Crippen molar-refractivity contribution < 1.29 is 0 Å². The number of rotatable bonds is 3. The third-order valence-electron chi connectivity index (χ3n) is 3.55. The van der Waals surface area contributed by atoms with Crippen LogP contribution in [0.2, 0.25) is 0 Å². The van der Waals surface area contributed by atoms with Crippen LogP contribution < -0.4 is 15.5 Å². The van der Waals surface area contributed by atoms with Crippen molar-refractivity contribution in [1.29, 1.82) is 0 Å². The average Bonchev–Trinajstić information content (AvgIpc) is 2.78. The smallest absolute Gasteiger partial charge is 0.130 e. The number of para-hydroxylation sites is 1. The third kappa shape index (κ3) is 2.40. The molecule has 1 fully saturated rings. The van der Waals surface area contributed by atoms with Crippen LogP contribution in [-0.4, -0.2) is 37.2 Å². The fourth-order valence-electron chi connectivity index (χ4n) is 2.69. The molecular formula is C15H22N4. The Morgan fingerprint density at radius 3 is 2.63 bits per heavy atom. The van der Waals surface area contributed by atoms with Gasteiger partial charge in [-0.2, -0.15) is 0 Å². The number of H-pyrrole nitrogens is 1. The zero-order chi connectivity index (χ0) is 13.2. The van der Waals surface area contributed by atoms with E-state index in [4.69, 9.17) is 0 Å². The predicted octanol–water partition coefficient (Wildman–Crippen LogP) is 2.40. The number of benzene rings is 1. The highest BCUT2D eigenvalue weighted by molar-refractivity contribution is 6.00. The summed E-state index contributed by atoms with van der Waals surface area (Å²) in [6, 6.07) is 8.94. The van der Waals surface area contributed by atoms with Gasteiger partial charge in [-0.15, -0.1) is 0 Å². The number of anilines is 2. The molecule has 4 heteroatoms. The van der Waals surface area contributed by atoms with Crippen LogP contribution in [0.1, 0.15) is 13.8 Å². The first-order valence-corrected chi connectivity index (χ1v) is 7.08. The molecule has 3 rings (SSSR count). The lowest BCUT2D eigenvalue weighted by molar-refractivity contribution is 0.586. The molecule has 0 radical (unpaired) electrons. The fourth-order valence-corrected chi connectivity index (χ4v) is 2.69. The molecule has 2 heterocycles. The first-order chi connectivity index (χ1) is 9.25. The number of aromatic amines is 1.